The van der Waals surface area contributed by atoms with Crippen LogP contribution >= 0.6 is 11.6 Å². The zero-order chi connectivity index (χ0) is 27.0. The highest BCUT2D eigenvalue weighted by atomic mass is 35.5. The number of amides is 2. The van der Waals surface area contributed by atoms with Crippen molar-refractivity contribution in [3.8, 4) is 0 Å². The van der Waals surface area contributed by atoms with E-state index in [2.05, 4.69) is 13.2 Å². The number of hydrogen-bond acceptors (Lipinski definition) is 6. The predicted molar refractivity (Wildman–Crippen MR) is 140 cm³/mol. The Hall–Kier alpha value is -2.68. The molecule has 9 heteroatoms. The van der Waals surface area contributed by atoms with Crippen molar-refractivity contribution in [2.45, 2.75) is 62.8 Å². The molecule has 37 heavy (non-hydrogen) atoms. The Morgan fingerprint density at radius 3 is 2.62 bits per heavy atom. The van der Waals surface area contributed by atoms with Gasteiger partial charge in [0.2, 0.25) is 5.91 Å². The predicted octanol–water partition coefficient (Wildman–Crippen LogP) is 3.51. The smallest absolute Gasteiger partial charge is 0.312 e. The molecule has 1 N–H and O–H groups in total. The molecule has 6 atom stereocenters. The summed E-state index contributed by atoms with van der Waals surface area (Å²) in [6.07, 6.45) is 5.65. The Labute approximate surface area is 222 Å². The summed E-state index contributed by atoms with van der Waals surface area (Å²) in [6.45, 7) is 11.1. The number of unbranched alkanes of at least 4 members (excludes halogenated alkanes) is 1. The van der Waals surface area contributed by atoms with Crippen molar-refractivity contribution >= 4 is 35.1 Å². The van der Waals surface area contributed by atoms with Gasteiger partial charge in [-0.25, -0.2) is 0 Å². The fourth-order valence-corrected chi connectivity index (χ4v) is 6.40. The van der Waals surface area contributed by atoms with Crippen LogP contribution < -0.4 is 4.90 Å². The third-order valence-electron chi connectivity index (χ3n) is 7.95. The fraction of sp³-hybridized carbons (Fsp3) is 0.536. The molecule has 0 radical (unpaired) electrons. The number of esters is 1. The summed E-state index contributed by atoms with van der Waals surface area (Å²) in [6, 6.07) is 5.15. The van der Waals surface area contributed by atoms with Crippen LogP contribution in [0, 0.1) is 11.8 Å². The summed E-state index contributed by atoms with van der Waals surface area (Å²) in [4.78, 5) is 44.6. The topological polar surface area (TPSA) is 96.4 Å². The second-order valence-corrected chi connectivity index (χ2v) is 10.8. The summed E-state index contributed by atoms with van der Waals surface area (Å²) in [5.74, 6) is -2.94. The second kappa shape index (κ2) is 10.6. The van der Waals surface area contributed by atoms with Gasteiger partial charge in [-0.3, -0.25) is 14.4 Å². The molecule has 1 aromatic rings. The van der Waals surface area contributed by atoms with Crippen molar-refractivity contribution in [1.29, 1.82) is 0 Å². The van der Waals surface area contributed by atoms with Crippen LogP contribution in [0.25, 0.3) is 0 Å². The van der Waals surface area contributed by atoms with Gasteiger partial charge in [-0.05, 0) is 63.8 Å². The van der Waals surface area contributed by atoms with Crippen molar-refractivity contribution < 1.29 is 29.0 Å². The van der Waals surface area contributed by atoms with Crippen LogP contribution in [0.5, 0.6) is 0 Å². The quantitative estimate of drug-likeness (QED) is 0.267. The number of likely N-dealkylation sites (tertiary alicyclic amines) is 1. The standard InChI is InChI=1S/C28H35ClN2O6/c1-5-7-8-16-36-26(35)22-21-24(33)31(18(3)17-32)23(28(21)14-13-27(22,4)37-28)25(34)30(15-6-2)20-11-9-19(29)10-12-20/h5-6,9-12,18,21-23,32H,1-2,7-8,13-17H2,3-4H3/t18-,21+,22-,23?,27+,28?/m1/s1. The maximum Gasteiger partial charge on any atom is 0.312 e. The summed E-state index contributed by atoms with van der Waals surface area (Å²) in [7, 11) is 0. The number of aliphatic hydroxyl groups excluding tert-OH is 1. The minimum absolute atomic E-state index is 0.194. The van der Waals surface area contributed by atoms with E-state index >= 15 is 0 Å². The number of nitrogens with zero attached hydrogens (tertiary/aromatic N) is 2. The first-order chi connectivity index (χ1) is 17.6. The van der Waals surface area contributed by atoms with Crippen LogP contribution in [0.1, 0.15) is 39.5 Å². The monoisotopic (exact) mass is 530 g/mol. The van der Waals surface area contributed by atoms with E-state index in [0.717, 1.165) is 0 Å². The van der Waals surface area contributed by atoms with Gasteiger partial charge in [0.1, 0.15) is 17.6 Å². The zero-order valence-corrected chi connectivity index (χ0v) is 22.2. The van der Waals surface area contributed by atoms with E-state index < -0.39 is 41.1 Å². The molecule has 0 aliphatic carbocycles. The molecule has 3 aliphatic heterocycles. The maximum atomic E-state index is 14.3. The minimum atomic E-state index is -1.21. The molecule has 2 amide bonds. The first kappa shape index (κ1) is 27.4. The van der Waals surface area contributed by atoms with Gasteiger partial charge in [0.15, 0.2) is 0 Å². The van der Waals surface area contributed by atoms with E-state index in [4.69, 9.17) is 21.1 Å². The normalized spacial score (nSPS) is 30.6. The van der Waals surface area contributed by atoms with E-state index in [0.29, 0.717) is 36.4 Å². The van der Waals surface area contributed by atoms with Gasteiger partial charge in [-0.1, -0.05) is 23.8 Å². The number of hydrogen-bond donors (Lipinski definition) is 1. The lowest BCUT2D eigenvalue weighted by molar-refractivity contribution is -0.160. The number of benzene rings is 1. The van der Waals surface area contributed by atoms with Crippen LogP contribution in [0.4, 0.5) is 5.69 Å². The van der Waals surface area contributed by atoms with Crippen LogP contribution in [-0.4, -0.2) is 70.8 Å². The van der Waals surface area contributed by atoms with Crippen LogP contribution in [0.15, 0.2) is 49.6 Å². The third-order valence-corrected chi connectivity index (χ3v) is 8.21. The molecule has 8 nitrogen and oxygen atoms in total. The Morgan fingerprint density at radius 1 is 1.30 bits per heavy atom. The van der Waals surface area contributed by atoms with Crippen LogP contribution in [-0.2, 0) is 23.9 Å². The highest BCUT2D eigenvalue weighted by Crippen LogP contribution is 2.63. The zero-order valence-electron chi connectivity index (χ0n) is 21.4. The minimum Gasteiger partial charge on any atom is -0.465 e. The molecule has 2 unspecified atom stereocenters. The second-order valence-electron chi connectivity index (χ2n) is 10.3. The molecular formula is C28H35ClN2O6. The molecule has 2 bridgehead atoms. The number of carbonyl (C=O) groups excluding carboxylic acids is 3. The summed E-state index contributed by atoms with van der Waals surface area (Å²) in [5, 5.41) is 10.6. The van der Waals surface area contributed by atoms with E-state index in [1.807, 2.05) is 6.92 Å². The molecular weight excluding hydrogens is 496 g/mol. The average molecular weight is 531 g/mol. The fourth-order valence-electron chi connectivity index (χ4n) is 6.27. The lowest BCUT2D eigenvalue weighted by Gasteiger charge is -2.38. The van der Waals surface area contributed by atoms with Gasteiger partial charge in [-0.2, -0.15) is 0 Å². The summed E-state index contributed by atoms with van der Waals surface area (Å²) in [5.41, 5.74) is -1.54. The molecule has 0 saturated carbocycles. The number of halogens is 1. The van der Waals surface area contributed by atoms with Gasteiger partial charge >= 0.3 is 5.97 Å². The lowest BCUT2D eigenvalue weighted by atomic mass is 9.66. The largest absolute Gasteiger partial charge is 0.465 e. The number of fused-ring (bicyclic) bond motifs is 1. The average Bonchev–Trinajstić information content (AvgIpc) is 3.45. The Balaban J connectivity index is 1.74. The van der Waals surface area contributed by atoms with Crippen molar-refractivity contribution in [2.75, 3.05) is 24.7 Å². The molecule has 1 aromatic carbocycles. The first-order valence-electron chi connectivity index (χ1n) is 12.7. The highest BCUT2D eigenvalue weighted by molar-refractivity contribution is 6.30. The highest BCUT2D eigenvalue weighted by Gasteiger charge is 2.79. The van der Waals surface area contributed by atoms with Crippen molar-refractivity contribution in [3.63, 3.8) is 0 Å². The SMILES string of the molecule is C=CCCCOC(=O)[C@H]1[C@H]2C(=O)N([C@H](C)CO)C(C(=O)N(CC=C)c3ccc(Cl)cc3)C23CC[C@]1(C)O3. The number of allylic oxidation sites excluding steroid dienone is 1. The van der Waals surface area contributed by atoms with Crippen LogP contribution in [0.2, 0.25) is 5.02 Å². The van der Waals surface area contributed by atoms with E-state index in [9.17, 15) is 19.5 Å². The number of ether oxygens (including phenoxy) is 2. The molecule has 0 aromatic heterocycles. The molecule has 3 fully saturated rings. The summed E-state index contributed by atoms with van der Waals surface area (Å²) >= 11 is 6.07. The molecule has 200 valence electrons. The Bertz CT molecular complexity index is 1080. The van der Waals surface area contributed by atoms with E-state index in [1.54, 1.807) is 43.3 Å². The maximum absolute atomic E-state index is 14.3. The van der Waals surface area contributed by atoms with E-state index in [-0.39, 0.29) is 31.6 Å². The van der Waals surface area contributed by atoms with Gasteiger partial charge in [0, 0.05) is 17.3 Å². The number of rotatable bonds is 11. The van der Waals surface area contributed by atoms with Crippen molar-refractivity contribution in [2.24, 2.45) is 11.8 Å². The first-order valence-corrected chi connectivity index (χ1v) is 13.1. The molecule has 3 saturated heterocycles. The molecule has 3 heterocycles. The Morgan fingerprint density at radius 2 is 2.00 bits per heavy atom. The molecule has 1 spiro atoms. The number of anilines is 1. The van der Waals surface area contributed by atoms with Gasteiger partial charge in [-0.15, -0.1) is 13.2 Å². The van der Waals surface area contributed by atoms with Crippen LogP contribution in [0.3, 0.4) is 0 Å². The summed E-state index contributed by atoms with van der Waals surface area (Å²) < 4.78 is 12.2. The van der Waals surface area contributed by atoms with Crippen molar-refractivity contribution in [3.05, 3.63) is 54.6 Å². The molecule has 3 aliphatic rings. The van der Waals surface area contributed by atoms with Gasteiger partial charge in [0.05, 0.1) is 30.8 Å². The number of aliphatic hydroxyl groups is 1. The van der Waals surface area contributed by atoms with E-state index in [1.165, 1.54) is 9.80 Å². The third kappa shape index (κ3) is 4.49. The molecule has 4 rings (SSSR count). The van der Waals surface area contributed by atoms with Crippen molar-refractivity contribution in [1.82, 2.24) is 4.90 Å². The van der Waals surface area contributed by atoms with Gasteiger partial charge < -0.3 is 24.4 Å². The number of carbonyl (C=O) groups is 3. The Kier molecular flexibility index (Phi) is 7.83. The lowest BCUT2D eigenvalue weighted by Crippen LogP contribution is -2.58. The van der Waals surface area contributed by atoms with Gasteiger partial charge in [0.25, 0.3) is 5.91 Å².